The SMILES string of the molecule is CNCC1CCCCN1S(=O)(=O)NC1CN2CCC1CC2. The van der Waals surface area contributed by atoms with Gasteiger partial charge in [-0.15, -0.1) is 0 Å². The number of piperidine rings is 4. The van der Waals surface area contributed by atoms with E-state index in [1.807, 2.05) is 7.05 Å². The molecule has 2 unspecified atom stereocenters. The summed E-state index contributed by atoms with van der Waals surface area (Å²) < 4.78 is 30.3. The van der Waals surface area contributed by atoms with Crippen LogP contribution in [-0.4, -0.2) is 69.5 Å². The van der Waals surface area contributed by atoms with Gasteiger partial charge in [0.1, 0.15) is 0 Å². The number of hydrogen-bond donors (Lipinski definition) is 2. The fourth-order valence-corrected chi connectivity index (χ4v) is 5.81. The Morgan fingerprint density at radius 1 is 1.10 bits per heavy atom. The van der Waals surface area contributed by atoms with Gasteiger partial charge in [0.2, 0.25) is 0 Å². The van der Waals surface area contributed by atoms with Gasteiger partial charge in [-0.25, -0.2) is 0 Å². The molecule has 6 nitrogen and oxygen atoms in total. The Hall–Kier alpha value is -0.210. The highest BCUT2D eigenvalue weighted by atomic mass is 32.2. The Labute approximate surface area is 128 Å². The second kappa shape index (κ2) is 6.50. The van der Waals surface area contributed by atoms with E-state index >= 15 is 0 Å². The summed E-state index contributed by atoms with van der Waals surface area (Å²) in [5, 5.41) is 3.13. The minimum absolute atomic E-state index is 0.0994. The lowest BCUT2D eigenvalue weighted by atomic mass is 9.85. The predicted molar refractivity (Wildman–Crippen MR) is 83.3 cm³/mol. The van der Waals surface area contributed by atoms with E-state index in [-0.39, 0.29) is 12.1 Å². The molecule has 0 aromatic rings. The molecule has 0 aliphatic carbocycles. The largest absolute Gasteiger partial charge is 0.318 e. The van der Waals surface area contributed by atoms with Gasteiger partial charge < -0.3 is 10.2 Å². The molecular formula is C14H28N4O2S. The van der Waals surface area contributed by atoms with Gasteiger partial charge in [0.25, 0.3) is 10.2 Å². The quantitative estimate of drug-likeness (QED) is 0.749. The zero-order chi connectivity index (χ0) is 14.9. The second-order valence-corrected chi connectivity index (χ2v) is 8.34. The monoisotopic (exact) mass is 316 g/mol. The zero-order valence-electron chi connectivity index (χ0n) is 12.9. The molecule has 4 aliphatic heterocycles. The van der Waals surface area contributed by atoms with Crippen molar-refractivity contribution < 1.29 is 8.42 Å². The first-order valence-electron chi connectivity index (χ1n) is 8.26. The second-order valence-electron chi connectivity index (χ2n) is 6.69. The van der Waals surface area contributed by atoms with Crippen LogP contribution in [0.15, 0.2) is 0 Å². The van der Waals surface area contributed by atoms with Crippen molar-refractivity contribution in [2.75, 3.05) is 39.8 Å². The third-order valence-corrected chi connectivity index (χ3v) is 6.98. The summed E-state index contributed by atoms with van der Waals surface area (Å²) in [6.45, 7) is 4.54. The third-order valence-electron chi connectivity index (χ3n) is 5.28. The van der Waals surface area contributed by atoms with Crippen molar-refractivity contribution in [2.45, 2.75) is 44.2 Å². The van der Waals surface area contributed by atoms with E-state index in [9.17, 15) is 8.42 Å². The van der Waals surface area contributed by atoms with E-state index in [2.05, 4.69) is 14.9 Å². The number of likely N-dealkylation sites (N-methyl/N-ethyl adjacent to an activating group) is 1. The lowest BCUT2D eigenvalue weighted by Gasteiger charge is -2.45. The highest BCUT2D eigenvalue weighted by Gasteiger charge is 2.39. The molecular weight excluding hydrogens is 288 g/mol. The van der Waals surface area contributed by atoms with Gasteiger partial charge in [-0.2, -0.15) is 17.4 Å². The smallest absolute Gasteiger partial charge is 0.280 e. The van der Waals surface area contributed by atoms with Crippen LogP contribution in [0.5, 0.6) is 0 Å². The predicted octanol–water partition coefficient (Wildman–Crippen LogP) is -0.0111. The molecule has 0 saturated carbocycles. The van der Waals surface area contributed by atoms with E-state index in [1.165, 1.54) is 0 Å². The van der Waals surface area contributed by atoms with Crippen molar-refractivity contribution in [2.24, 2.45) is 5.92 Å². The van der Waals surface area contributed by atoms with Crippen molar-refractivity contribution in [3.63, 3.8) is 0 Å². The van der Waals surface area contributed by atoms with Crippen molar-refractivity contribution in [1.29, 1.82) is 0 Å². The highest BCUT2D eigenvalue weighted by molar-refractivity contribution is 7.87. The molecule has 4 saturated heterocycles. The van der Waals surface area contributed by atoms with Crippen molar-refractivity contribution >= 4 is 10.2 Å². The zero-order valence-corrected chi connectivity index (χ0v) is 13.7. The Morgan fingerprint density at radius 3 is 2.48 bits per heavy atom. The minimum atomic E-state index is -3.36. The molecule has 2 N–H and O–H groups in total. The van der Waals surface area contributed by atoms with E-state index in [4.69, 9.17) is 0 Å². The summed E-state index contributed by atoms with van der Waals surface area (Å²) in [7, 11) is -1.47. The summed E-state index contributed by atoms with van der Waals surface area (Å²) in [6.07, 6.45) is 5.32. The van der Waals surface area contributed by atoms with Gasteiger partial charge in [-0.3, -0.25) is 0 Å². The molecule has 0 aromatic carbocycles. The van der Waals surface area contributed by atoms with Crippen LogP contribution >= 0.6 is 0 Å². The molecule has 4 fully saturated rings. The highest BCUT2D eigenvalue weighted by Crippen LogP contribution is 2.29. The number of nitrogens with zero attached hydrogens (tertiary/aromatic N) is 2. The van der Waals surface area contributed by atoms with Crippen LogP contribution in [0.1, 0.15) is 32.1 Å². The number of rotatable bonds is 5. The first kappa shape index (κ1) is 15.7. The van der Waals surface area contributed by atoms with Crippen LogP contribution in [0.2, 0.25) is 0 Å². The molecule has 0 spiro atoms. The molecule has 2 atom stereocenters. The van der Waals surface area contributed by atoms with E-state index in [1.54, 1.807) is 4.31 Å². The number of nitrogens with one attached hydrogen (secondary N) is 2. The lowest BCUT2D eigenvalue weighted by Crippen LogP contribution is -2.61. The normalized spacial score (nSPS) is 37.8. The number of fused-ring (bicyclic) bond motifs is 3. The maximum Gasteiger partial charge on any atom is 0.280 e. The molecule has 21 heavy (non-hydrogen) atoms. The van der Waals surface area contributed by atoms with Gasteiger partial charge in [-0.1, -0.05) is 6.42 Å². The summed E-state index contributed by atoms with van der Waals surface area (Å²) in [5.74, 6) is 0.525. The van der Waals surface area contributed by atoms with Crippen LogP contribution in [-0.2, 0) is 10.2 Å². The van der Waals surface area contributed by atoms with Crippen LogP contribution in [0, 0.1) is 5.92 Å². The molecule has 4 heterocycles. The van der Waals surface area contributed by atoms with Crippen molar-refractivity contribution in [1.82, 2.24) is 19.2 Å². The average molecular weight is 316 g/mol. The average Bonchev–Trinajstić information content (AvgIpc) is 2.49. The van der Waals surface area contributed by atoms with E-state index in [0.717, 1.165) is 58.3 Å². The van der Waals surface area contributed by atoms with Crippen LogP contribution in [0.25, 0.3) is 0 Å². The summed E-state index contributed by atoms with van der Waals surface area (Å²) >= 11 is 0. The Balaban J connectivity index is 1.67. The van der Waals surface area contributed by atoms with E-state index in [0.29, 0.717) is 12.5 Å². The maximum absolute atomic E-state index is 12.8. The van der Waals surface area contributed by atoms with Crippen LogP contribution in [0.4, 0.5) is 0 Å². The molecule has 4 rings (SSSR count). The Kier molecular flexibility index (Phi) is 4.85. The van der Waals surface area contributed by atoms with Crippen molar-refractivity contribution in [3.05, 3.63) is 0 Å². The molecule has 4 aliphatic rings. The minimum Gasteiger partial charge on any atom is -0.318 e. The first-order chi connectivity index (χ1) is 10.1. The summed E-state index contributed by atoms with van der Waals surface area (Å²) in [5.41, 5.74) is 0. The molecule has 122 valence electrons. The fourth-order valence-electron chi connectivity index (χ4n) is 4.09. The van der Waals surface area contributed by atoms with Crippen LogP contribution < -0.4 is 10.0 Å². The summed E-state index contributed by atoms with van der Waals surface area (Å²) in [6, 6.07) is 0.206. The molecule has 7 heteroatoms. The molecule has 0 aromatic heterocycles. The molecule has 0 radical (unpaired) electrons. The third kappa shape index (κ3) is 3.42. The first-order valence-corrected chi connectivity index (χ1v) is 9.70. The van der Waals surface area contributed by atoms with Gasteiger partial charge in [0, 0.05) is 31.7 Å². The van der Waals surface area contributed by atoms with Gasteiger partial charge in [0.05, 0.1) is 0 Å². The lowest BCUT2D eigenvalue weighted by molar-refractivity contribution is 0.0812. The topological polar surface area (TPSA) is 64.7 Å². The Bertz CT molecular complexity index is 446. The van der Waals surface area contributed by atoms with Crippen LogP contribution in [0.3, 0.4) is 0 Å². The van der Waals surface area contributed by atoms with Gasteiger partial charge in [0.15, 0.2) is 0 Å². The summed E-state index contributed by atoms with van der Waals surface area (Å²) in [4.78, 5) is 2.38. The van der Waals surface area contributed by atoms with Crippen molar-refractivity contribution in [3.8, 4) is 0 Å². The number of hydrogen-bond acceptors (Lipinski definition) is 4. The molecule has 2 bridgehead atoms. The van der Waals surface area contributed by atoms with Gasteiger partial charge in [-0.05, 0) is 51.7 Å². The van der Waals surface area contributed by atoms with Gasteiger partial charge >= 0.3 is 0 Å². The Morgan fingerprint density at radius 2 is 1.86 bits per heavy atom. The standard InChI is InChI=1S/C14H28N4O2S/c1-15-10-13-4-2-3-7-18(13)21(19,20)16-14-11-17-8-5-12(14)6-9-17/h12-16H,2-11H2,1H3. The fraction of sp³-hybridized carbons (Fsp3) is 1.00. The molecule has 0 amide bonds. The van der Waals surface area contributed by atoms with E-state index < -0.39 is 10.2 Å². The maximum atomic E-state index is 12.8.